The molecule has 0 spiro atoms. The molecule has 1 atom stereocenters. The highest BCUT2D eigenvalue weighted by Crippen LogP contribution is 2.13. The van der Waals surface area contributed by atoms with Gasteiger partial charge in [-0.15, -0.1) is 0 Å². The van der Waals surface area contributed by atoms with Gasteiger partial charge in [0.15, 0.2) is 0 Å². The molecule has 0 aromatic heterocycles. The van der Waals surface area contributed by atoms with Gasteiger partial charge in [0.2, 0.25) is 11.8 Å². The van der Waals surface area contributed by atoms with E-state index in [-0.39, 0.29) is 30.5 Å². The van der Waals surface area contributed by atoms with Crippen LogP contribution in [0.15, 0.2) is 0 Å². The zero-order valence-electron chi connectivity index (χ0n) is 12.6. The molecule has 1 unspecified atom stereocenters. The van der Waals surface area contributed by atoms with Crippen molar-refractivity contribution in [3.63, 3.8) is 0 Å². The maximum atomic E-state index is 12.2. The molecule has 0 bridgehead atoms. The number of nitrogens with one attached hydrogen (secondary N) is 2. The van der Waals surface area contributed by atoms with E-state index in [9.17, 15) is 9.59 Å². The number of hydrogen-bond donors (Lipinski definition) is 2. The van der Waals surface area contributed by atoms with E-state index < -0.39 is 0 Å². The molecule has 0 aromatic rings. The van der Waals surface area contributed by atoms with Gasteiger partial charge in [-0.05, 0) is 12.8 Å². The lowest BCUT2D eigenvalue weighted by Gasteiger charge is -2.34. The van der Waals surface area contributed by atoms with Gasteiger partial charge in [-0.1, -0.05) is 0 Å². The first-order valence-corrected chi connectivity index (χ1v) is 7.56. The Kier molecular flexibility index (Phi) is 6.41. The molecule has 0 saturated carbocycles. The minimum atomic E-state index is -0.0918. The first kappa shape index (κ1) is 16.2. The Labute approximate surface area is 125 Å². The number of morpholine rings is 1. The summed E-state index contributed by atoms with van der Waals surface area (Å²) in [5.74, 6) is 0.0745. The molecule has 2 rings (SSSR count). The summed E-state index contributed by atoms with van der Waals surface area (Å²) in [5, 5.41) is 6.22. The lowest BCUT2D eigenvalue weighted by atomic mass is 10.0. The number of ether oxygens (including phenoxy) is 2. The van der Waals surface area contributed by atoms with E-state index in [2.05, 4.69) is 10.6 Å². The van der Waals surface area contributed by atoms with Crippen LogP contribution in [0.3, 0.4) is 0 Å². The first-order chi connectivity index (χ1) is 10.2. The monoisotopic (exact) mass is 299 g/mol. The third kappa shape index (κ3) is 5.26. The smallest absolute Gasteiger partial charge is 0.246 e. The van der Waals surface area contributed by atoms with Gasteiger partial charge in [0, 0.05) is 45.2 Å². The van der Waals surface area contributed by atoms with Gasteiger partial charge >= 0.3 is 0 Å². The number of rotatable bonds is 5. The summed E-state index contributed by atoms with van der Waals surface area (Å²) in [6.07, 6.45) is 2.09. The van der Waals surface area contributed by atoms with Gasteiger partial charge in [-0.3, -0.25) is 9.59 Å². The number of nitrogens with zero attached hydrogens (tertiary/aromatic N) is 1. The second-order valence-electron chi connectivity index (χ2n) is 5.59. The van der Waals surface area contributed by atoms with Gasteiger partial charge in [-0.2, -0.15) is 0 Å². The molecule has 2 aliphatic heterocycles. The maximum Gasteiger partial charge on any atom is 0.246 e. The predicted molar refractivity (Wildman–Crippen MR) is 76.8 cm³/mol. The Bertz CT molecular complexity index is 350. The molecule has 0 aromatic carbocycles. The van der Waals surface area contributed by atoms with Crippen molar-refractivity contribution in [2.75, 3.05) is 46.6 Å². The molecule has 2 N–H and O–H groups in total. The number of hydrogen-bond acceptors (Lipinski definition) is 5. The van der Waals surface area contributed by atoms with Crippen LogP contribution in [0.5, 0.6) is 0 Å². The first-order valence-electron chi connectivity index (χ1n) is 7.56. The quantitative estimate of drug-likeness (QED) is 0.689. The van der Waals surface area contributed by atoms with Crippen molar-refractivity contribution in [3.8, 4) is 0 Å². The van der Waals surface area contributed by atoms with Crippen molar-refractivity contribution in [2.45, 2.75) is 31.3 Å². The Morgan fingerprint density at radius 3 is 2.76 bits per heavy atom. The van der Waals surface area contributed by atoms with Crippen molar-refractivity contribution >= 4 is 11.8 Å². The summed E-state index contributed by atoms with van der Waals surface area (Å²) in [6.45, 7) is 3.62. The summed E-state index contributed by atoms with van der Waals surface area (Å²) in [7, 11) is 1.50. The Morgan fingerprint density at radius 1 is 1.38 bits per heavy atom. The number of likely N-dealkylation sites (tertiary alicyclic amines) is 1. The van der Waals surface area contributed by atoms with E-state index >= 15 is 0 Å². The molecular formula is C14H25N3O4. The van der Waals surface area contributed by atoms with Crippen molar-refractivity contribution < 1.29 is 19.1 Å². The standard InChI is InChI=1S/C14H25N3O4/c1-20-10-13(18)16-11-2-5-17(6-3-11)14(19)8-12-9-21-7-4-15-12/h11-12,15H,2-10H2,1H3,(H,16,18). The molecule has 2 saturated heterocycles. The Morgan fingerprint density at radius 2 is 2.14 bits per heavy atom. The summed E-state index contributed by atoms with van der Waals surface area (Å²) >= 11 is 0. The molecule has 0 aliphatic carbocycles. The molecule has 120 valence electrons. The lowest BCUT2D eigenvalue weighted by molar-refractivity contribution is -0.133. The molecular weight excluding hydrogens is 274 g/mol. The number of piperidine rings is 1. The van der Waals surface area contributed by atoms with Crippen molar-refractivity contribution in [3.05, 3.63) is 0 Å². The molecule has 21 heavy (non-hydrogen) atoms. The van der Waals surface area contributed by atoms with Crippen LogP contribution in [0.25, 0.3) is 0 Å². The molecule has 7 nitrogen and oxygen atoms in total. The third-order valence-corrected chi connectivity index (χ3v) is 3.91. The Balaban J connectivity index is 1.67. The summed E-state index contributed by atoms with van der Waals surface area (Å²) < 4.78 is 10.2. The van der Waals surface area contributed by atoms with Crippen LogP contribution < -0.4 is 10.6 Å². The average Bonchev–Trinajstić information content (AvgIpc) is 2.49. The summed E-state index contributed by atoms with van der Waals surface area (Å²) in [4.78, 5) is 25.6. The minimum Gasteiger partial charge on any atom is -0.378 e. The highest BCUT2D eigenvalue weighted by molar-refractivity contribution is 5.78. The fourth-order valence-electron chi connectivity index (χ4n) is 2.76. The van der Waals surface area contributed by atoms with Crippen LogP contribution in [0.1, 0.15) is 19.3 Å². The zero-order valence-corrected chi connectivity index (χ0v) is 12.6. The van der Waals surface area contributed by atoms with Crippen LogP contribution in [-0.4, -0.2) is 75.4 Å². The fourth-order valence-corrected chi connectivity index (χ4v) is 2.76. The number of carbonyl (C=O) groups excluding carboxylic acids is 2. The second kappa shape index (κ2) is 8.31. The van der Waals surface area contributed by atoms with Gasteiger partial charge in [0.25, 0.3) is 0 Å². The largest absolute Gasteiger partial charge is 0.378 e. The van der Waals surface area contributed by atoms with E-state index in [1.165, 1.54) is 7.11 Å². The normalized spacial score (nSPS) is 23.9. The van der Waals surface area contributed by atoms with Crippen LogP contribution in [0.4, 0.5) is 0 Å². The average molecular weight is 299 g/mol. The van der Waals surface area contributed by atoms with Crippen LogP contribution in [0.2, 0.25) is 0 Å². The zero-order chi connectivity index (χ0) is 15.1. The van der Waals surface area contributed by atoms with Gasteiger partial charge in [-0.25, -0.2) is 0 Å². The second-order valence-corrected chi connectivity index (χ2v) is 5.59. The van der Waals surface area contributed by atoms with Crippen molar-refractivity contribution in [1.29, 1.82) is 0 Å². The summed E-state index contributed by atoms with van der Waals surface area (Å²) in [6, 6.07) is 0.276. The fraction of sp³-hybridized carbons (Fsp3) is 0.857. The van der Waals surface area contributed by atoms with E-state index in [0.29, 0.717) is 26.1 Å². The predicted octanol–water partition coefficient (Wildman–Crippen LogP) is -0.881. The Hall–Kier alpha value is -1.18. The van der Waals surface area contributed by atoms with Crippen molar-refractivity contribution in [2.24, 2.45) is 0 Å². The lowest BCUT2D eigenvalue weighted by Crippen LogP contribution is -2.49. The SMILES string of the molecule is COCC(=O)NC1CCN(C(=O)CC2COCCN2)CC1. The topological polar surface area (TPSA) is 79.9 Å². The molecule has 2 aliphatic rings. The van der Waals surface area contributed by atoms with E-state index in [4.69, 9.17) is 9.47 Å². The van der Waals surface area contributed by atoms with Crippen molar-refractivity contribution in [1.82, 2.24) is 15.5 Å². The number of carbonyl (C=O) groups is 2. The van der Waals surface area contributed by atoms with Crippen LogP contribution in [0, 0.1) is 0 Å². The number of methoxy groups -OCH3 is 1. The molecule has 7 heteroatoms. The molecule has 2 amide bonds. The van der Waals surface area contributed by atoms with Gasteiger partial charge in [0.1, 0.15) is 6.61 Å². The number of amides is 2. The third-order valence-electron chi connectivity index (χ3n) is 3.91. The highest BCUT2D eigenvalue weighted by Gasteiger charge is 2.26. The van der Waals surface area contributed by atoms with Crippen LogP contribution in [-0.2, 0) is 19.1 Å². The van der Waals surface area contributed by atoms with E-state index in [1.807, 2.05) is 4.90 Å². The summed E-state index contributed by atoms with van der Waals surface area (Å²) in [5.41, 5.74) is 0. The maximum absolute atomic E-state index is 12.2. The van der Waals surface area contributed by atoms with Gasteiger partial charge in [0.05, 0.1) is 13.2 Å². The minimum absolute atomic E-state index is 0.0898. The van der Waals surface area contributed by atoms with E-state index in [1.54, 1.807) is 0 Å². The highest BCUT2D eigenvalue weighted by atomic mass is 16.5. The molecule has 0 radical (unpaired) electrons. The van der Waals surface area contributed by atoms with Crippen LogP contribution >= 0.6 is 0 Å². The van der Waals surface area contributed by atoms with E-state index in [0.717, 1.165) is 26.0 Å². The molecule has 2 fully saturated rings. The molecule has 2 heterocycles. The van der Waals surface area contributed by atoms with Gasteiger partial charge < -0.3 is 25.0 Å².